The van der Waals surface area contributed by atoms with Gasteiger partial charge in [0, 0.05) is 0 Å². The zero-order chi connectivity index (χ0) is 15.0. The van der Waals surface area contributed by atoms with Crippen LogP contribution >= 0.6 is 0 Å². The highest BCUT2D eigenvalue weighted by Crippen LogP contribution is 2.22. The fraction of sp³-hybridized carbons (Fsp3) is 0.692. The van der Waals surface area contributed by atoms with E-state index in [-0.39, 0.29) is 17.5 Å². The maximum Gasteiger partial charge on any atom is 0.154 e. The zero-order valence-corrected chi connectivity index (χ0v) is 14.1. The van der Waals surface area contributed by atoms with Gasteiger partial charge in [0.1, 0.15) is 5.76 Å². The first-order valence-electron chi connectivity index (χ1n) is 6.81. The van der Waals surface area contributed by atoms with Crippen LogP contribution in [0.25, 0.3) is 0 Å². The van der Waals surface area contributed by atoms with Crippen molar-refractivity contribution in [2.24, 2.45) is 0 Å². The van der Waals surface area contributed by atoms with Crippen molar-refractivity contribution in [2.75, 3.05) is 17.7 Å². The standard InChI is InChI=1S/C13H23NO4SSi/c1-20(2,3)10-14(7-11-5-4-6-18-11)12-8-19(16,17)9-13(12)15/h4-6,12-13,15H,7-10H2,1-3H3. The molecule has 2 rings (SSSR count). The van der Waals surface area contributed by atoms with Gasteiger partial charge in [0.15, 0.2) is 9.84 Å². The Morgan fingerprint density at radius 1 is 1.40 bits per heavy atom. The number of furan rings is 1. The first-order valence-corrected chi connectivity index (χ1v) is 12.3. The lowest BCUT2D eigenvalue weighted by atomic mass is 10.2. The Balaban J connectivity index is 2.18. The lowest BCUT2D eigenvalue weighted by molar-refractivity contribution is 0.0849. The normalized spacial score (nSPS) is 26.2. The average molecular weight is 317 g/mol. The Kier molecular flexibility index (Phi) is 4.43. The summed E-state index contributed by atoms with van der Waals surface area (Å²) in [6, 6.07) is 3.38. The van der Waals surface area contributed by atoms with Crippen molar-refractivity contribution in [1.82, 2.24) is 4.90 Å². The van der Waals surface area contributed by atoms with Crippen LogP contribution in [0.3, 0.4) is 0 Å². The van der Waals surface area contributed by atoms with Gasteiger partial charge in [-0.3, -0.25) is 4.90 Å². The number of hydrogen-bond acceptors (Lipinski definition) is 5. The molecule has 0 amide bonds. The maximum absolute atomic E-state index is 11.7. The number of nitrogens with zero attached hydrogens (tertiary/aromatic N) is 1. The van der Waals surface area contributed by atoms with Crippen LogP contribution in [0.15, 0.2) is 22.8 Å². The predicted molar refractivity (Wildman–Crippen MR) is 80.9 cm³/mol. The zero-order valence-electron chi connectivity index (χ0n) is 12.2. The second-order valence-corrected chi connectivity index (χ2v) is 14.3. The Morgan fingerprint density at radius 2 is 2.10 bits per heavy atom. The molecule has 1 aromatic rings. The Morgan fingerprint density at radius 3 is 2.55 bits per heavy atom. The summed E-state index contributed by atoms with van der Waals surface area (Å²) < 4.78 is 28.8. The Bertz CT molecular complexity index is 535. The van der Waals surface area contributed by atoms with Crippen LogP contribution in [0.1, 0.15) is 5.76 Å². The molecular weight excluding hydrogens is 294 g/mol. The number of aliphatic hydroxyl groups excluding tert-OH is 1. The third kappa shape index (κ3) is 4.18. The summed E-state index contributed by atoms with van der Waals surface area (Å²) in [6.45, 7) is 7.25. The van der Waals surface area contributed by atoms with Crippen LogP contribution in [0.4, 0.5) is 0 Å². The summed E-state index contributed by atoms with van der Waals surface area (Å²) in [5.74, 6) is 0.719. The molecule has 114 valence electrons. The second-order valence-electron chi connectivity index (χ2n) is 6.76. The molecule has 5 nitrogen and oxygen atoms in total. The third-order valence-corrected chi connectivity index (χ3v) is 6.43. The van der Waals surface area contributed by atoms with Crippen LogP contribution in [0.5, 0.6) is 0 Å². The monoisotopic (exact) mass is 317 g/mol. The molecule has 0 radical (unpaired) electrons. The molecule has 0 bridgehead atoms. The minimum atomic E-state index is -3.13. The smallest absolute Gasteiger partial charge is 0.154 e. The van der Waals surface area contributed by atoms with E-state index in [2.05, 4.69) is 24.5 Å². The summed E-state index contributed by atoms with van der Waals surface area (Å²) in [6.07, 6.45) is 1.65. The number of aliphatic hydroxyl groups is 1. The van der Waals surface area contributed by atoms with E-state index < -0.39 is 24.0 Å². The molecule has 2 heterocycles. The molecule has 0 aromatic carbocycles. The van der Waals surface area contributed by atoms with Crippen molar-refractivity contribution < 1.29 is 17.9 Å². The van der Waals surface area contributed by atoms with Gasteiger partial charge in [-0.2, -0.15) is 0 Å². The fourth-order valence-electron chi connectivity index (χ4n) is 2.66. The summed E-state index contributed by atoms with van der Waals surface area (Å²) in [5, 5.41) is 10.1. The first kappa shape index (κ1) is 15.8. The van der Waals surface area contributed by atoms with E-state index >= 15 is 0 Å². The minimum Gasteiger partial charge on any atom is -0.468 e. The SMILES string of the molecule is C[Si](C)(C)CN(Cc1ccco1)C1CS(=O)(=O)CC1O. The molecule has 0 saturated carbocycles. The lowest BCUT2D eigenvalue weighted by Gasteiger charge is -2.34. The largest absolute Gasteiger partial charge is 0.468 e. The predicted octanol–water partition coefficient (Wildman–Crippen LogP) is 1.12. The Labute approximate surface area is 121 Å². The van der Waals surface area contributed by atoms with Crippen LogP contribution in [-0.4, -0.2) is 56.3 Å². The molecule has 7 heteroatoms. The van der Waals surface area contributed by atoms with Gasteiger partial charge in [-0.05, 0) is 18.3 Å². The van der Waals surface area contributed by atoms with E-state index in [1.54, 1.807) is 6.26 Å². The van der Waals surface area contributed by atoms with Crippen LogP contribution in [0, 0.1) is 0 Å². The number of rotatable bonds is 5. The first-order chi connectivity index (χ1) is 9.16. The van der Waals surface area contributed by atoms with E-state index in [0.29, 0.717) is 6.54 Å². The third-order valence-electron chi connectivity index (χ3n) is 3.38. The molecule has 1 aromatic heterocycles. The number of hydrogen-bond donors (Lipinski definition) is 1. The molecule has 2 unspecified atom stereocenters. The lowest BCUT2D eigenvalue weighted by Crippen LogP contribution is -2.49. The molecule has 1 fully saturated rings. The van der Waals surface area contributed by atoms with E-state index in [0.717, 1.165) is 11.9 Å². The number of sulfone groups is 1. The molecule has 1 N–H and O–H groups in total. The van der Waals surface area contributed by atoms with Gasteiger partial charge in [-0.15, -0.1) is 0 Å². The van der Waals surface area contributed by atoms with Gasteiger partial charge in [0.2, 0.25) is 0 Å². The van der Waals surface area contributed by atoms with Gasteiger partial charge in [0.05, 0.1) is 44.5 Å². The summed E-state index contributed by atoms with van der Waals surface area (Å²) in [7, 11) is -4.55. The molecule has 2 atom stereocenters. The van der Waals surface area contributed by atoms with Gasteiger partial charge < -0.3 is 9.52 Å². The van der Waals surface area contributed by atoms with Crippen LogP contribution in [-0.2, 0) is 16.4 Å². The summed E-state index contributed by atoms with van der Waals surface area (Å²) in [5.41, 5.74) is 0. The van der Waals surface area contributed by atoms with Crippen LogP contribution < -0.4 is 0 Å². The maximum atomic E-state index is 11.7. The highest BCUT2D eigenvalue weighted by Gasteiger charge is 2.41. The molecule has 1 saturated heterocycles. The van der Waals surface area contributed by atoms with Gasteiger partial charge in [0.25, 0.3) is 0 Å². The van der Waals surface area contributed by atoms with Crippen molar-refractivity contribution >= 4 is 17.9 Å². The molecule has 20 heavy (non-hydrogen) atoms. The van der Waals surface area contributed by atoms with Gasteiger partial charge in [-0.25, -0.2) is 8.42 Å². The van der Waals surface area contributed by atoms with Crippen molar-refractivity contribution in [3.8, 4) is 0 Å². The molecule has 0 aliphatic carbocycles. The highest BCUT2D eigenvalue weighted by atomic mass is 32.2. The topological polar surface area (TPSA) is 70.8 Å². The second kappa shape index (κ2) is 5.63. The quantitative estimate of drug-likeness (QED) is 0.824. The van der Waals surface area contributed by atoms with E-state index in [1.165, 1.54) is 0 Å². The van der Waals surface area contributed by atoms with Crippen molar-refractivity contribution in [1.29, 1.82) is 0 Å². The molecule has 1 aliphatic rings. The summed E-state index contributed by atoms with van der Waals surface area (Å²) in [4.78, 5) is 2.08. The average Bonchev–Trinajstić information content (AvgIpc) is 2.83. The van der Waals surface area contributed by atoms with Crippen LogP contribution in [0.2, 0.25) is 19.6 Å². The summed E-state index contributed by atoms with van der Waals surface area (Å²) >= 11 is 0. The van der Waals surface area contributed by atoms with E-state index in [1.807, 2.05) is 12.1 Å². The fourth-order valence-corrected chi connectivity index (χ4v) is 6.06. The Hall–Kier alpha value is -0.633. The van der Waals surface area contributed by atoms with Gasteiger partial charge in [-0.1, -0.05) is 19.6 Å². The molecular formula is C13H23NO4SSi. The van der Waals surface area contributed by atoms with Gasteiger partial charge >= 0.3 is 0 Å². The van der Waals surface area contributed by atoms with Crippen molar-refractivity contribution in [2.45, 2.75) is 38.3 Å². The van der Waals surface area contributed by atoms with Crippen molar-refractivity contribution in [3.05, 3.63) is 24.2 Å². The molecule has 1 aliphatic heterocycles. The minimum absolute atomic E-state index is 0.0410. The van der Waals surface area contributed by atoms with E-state index in [9.17, 15) is 13.5 Å². The molecule has 0 spiro atoms. The van der Waals surface area contributed by atoms with Crippen molar-refractivity contribution in [3.63, 3.8) is 0 Å². The van der Waals surface area contributed by atoms with E-state index in [4.69, 9.17) is 4.42 Å². The highest BCUT2D eigenvalue weighted by molar-refractivity contribution is 7.91.